The number of hydrazine groups is 1. The number of hydrogen-bond acceptors (Lipinski definition) is 2. The summed E-state index contributed by atoms with van der Waals surface area (Å²) in [5, 5.41) is 0. The molecule has 0 aromatic rings. The molecule has 4 heteroatoms. The second-order valence-electron chi connectivity index (χ2n) is 4.71. The number of nitrogens with one attached hydrogen (secondary N) is 1. The molecule has 1 aliphatic rings. The summed E-state index contributed by atoms with van der Waals surface area (Å²) in [6, 6.07) is 0. The van der Waals surface area contributed by atoms with Crippen LogP contribution in [0.25, 0.3) is 0 Å². The van der Waals surface area contributed by atoms with Gasteiger partial charge in [0.2, 0.25) is 5.96 Å². The molecule has 88 valence electrons. The van der Waals surface area contributed by atoms with Crippen LogP contribution in [-0.4, -0.2) is 30.5 Å². The highest BCUT2D eigenvalue weighted by atomic mass is 15.4. The third-order valence-electron chi connectivity index (χ3n) is 2.90. The molecule has 1 heterocycles. The maximum Gasteiger partial charge on any atom is 0.208 e. The van der Waals surface area contributed by atoms with E-state index >= 15 is 0 Å². The van der Waals surface area contributed by atoms with Crippen molar-refractivity contribution in [1.29, 1.82) is 0 Å². The Labute approximate surface area is 92.9 Å². The number of nitrogens with zero attached hydrogens (tertiary/aromatic N) is 2. The predicted molar refractivity (Wildman–Crippen MR) is 64.4 cm³/mol. The van der Waals surface area contributed by atoms with Crippen LogP contribution in [0.15, 0.2) is 4.99 Å². The van der Waals surface area contributed by atoms with Gasteiger partial charge in [0, 0.05) is 19.6 Å². The van der Waals surface area contributed by atoms with E-state index in [-0.39, 0.29) is 0 Å². The number of guanidine groups is 1. The lowest BCUT2D eigenvalue weighted by Crippen LogP contribution is -2.44. The van der Waals surface area contributed by atoms with Gasteiger partial charge >= 0.3 is 0 Å². The molecule has 0 bridgehead atoms. The van der Waals surface area contributed by atoms with Gasteiger partial charge in [0.1, 0.15) is 0 Å². The Bertz CT molecular complexity index is 213. The average molecular weight is 212 g/mol. The highest BCUT2D eigenvalue weighted by Gasteiger charge is 2.23. The van der Waals surface area contributed by atoms with E-state index in [2.05, 4.69) is 36.1 Å². The highest BCUT2D eigenvalue weighted by Crippen LogP contribution is 2.18. The first-order valence-corrected chi connectivity index (χ1v) is 5.93. The monoisotopic (exact) mass is 212 g/mol. The summed E-state index contributed by atoms with van der Waals surface area (Å²) in [5.41, 5.74) is 2.72. The molecule has 1 atom stereocenters. The zero-order chi connectivity index (χ0) is 11.3. The minimum atomic E-state index is 0.581. The minimum Gasteiger partial charge on any atom is -0.342 e. The number of likely N-dealkylation sites (tertiary alicyclic amines) is 1. The Kier molecular flexibility index (Phi) is 4.88. The van der Waals surface area contributed by atoms with Crippen LogP contribution in [0.4, 0.5) is 0 Å². The van der Waals surface area contributed by atoms with E-state index in [0.29, 0.717) is 5.92 Å². The van der Waals surface area contributed by atoms with Crippen molar-refractivity contribution in [1.82, 2.24) is 10.3 Å². The maximum atomic E-state index is 5.50. The molecule has 0 spiro atoms. The average Bonchev–Trinajstić information content (AvgIpc) is 2.67. The number of aliphatic imine (C=N–C) groups is 1. The molecule has 0 aromatic carbocycles. The normalized spacial score (nSPS) is 22.6. The van der Waals surface area contributed by atoms with Crippen molar-refractivity contribution in [3.05, 3.63) is 0 Å². The third kappa shape index (κ3) is 3.70. The molecule has 0 aromatic heterocycles. The molecule has 0 amide bonds. The Morgan fingerprint density at radius 2 is 2.33 bits per heavy atom. The molecule has 3 N–H and O–H groups in total. The van der Waals surface area contributed by atoms with Crippen molar-refractivity contribution in [2.45, 2.75) is 33.6 Å². The first-order chi connectivity index (χ1) is 7.17. The Morgan fingerprint density at radius 1 is 1.60 bits per heavy atom. The fraction of sp³-hybridized carbons (Fsp3) is 0.909. The van der Waals surface area contributed by atoms with Gasteiger partial charge in [0.25, 0.3) is 0 Å². The standard InChI is InChI=1S/C11H24N4/c1-4-10-5-6-15(8-10)11(14-12)13-7-9(2)3/h9-10H,4-8,12H2,1-3H3,(H,13,14). The summed E-state index contributed by atoms with van der Waals surface area (Å²) in [6.07, 6.45) is 2.51. The van der Waals surface area contributed by atoms with Gasteiger partial charge in [0.05, 0.1) is 0 Å². The molecule has 1 saturated heterocycles. The van der Waals surface area contributed by atoms with Gasteiger partial charge in [-0.3, -0.25) is 10.4 Å². The summed E-state index contributed by atoms with van der Waals surface area (Å²) in [4.78, 5) is 6.76. The van der Waals surface area contributed by atoms with Crippen LogP contribution >= 0.6 is 0 Å². The second-order valence-corrected chi connectivity index (χ2v) is 4.71. The van der Waals surface area contributed by atoms with Gasteiger partial charge in [-0.05, 0) is 18.3 Å². The summed E-state index contributed by atoms with van der Waals surface area (Å²) in [7, 11) is 0. The largest absolute Gasteiger partial charge is 0.342 e. The van der Waals surface area contributed by atoms with E-state index in [1.54, 1.807) is 0 Å². The van der Waals surface area contributed by atoms with Crippen LogP contribution in [0.3, 0.4) is 0 Å². The van der Waals surface area contributed by atoms with Crippen molar-refractivity contribution in [2.24, 2.45) is 22.7 Å². The van der Waals surface area contributed by atoms with Gasteiger partial charge < -0.3 is 4.90 Å². The van der Waals surface area contributed by atoms with Gasteiger partial charge in [0.15, 0.2) is 0 Å². The zero-order valence-corrected chi connectivity index (χ0v) is 10.2. The van der Waals surface area contributed by atoms with Crippen LogP contribution < -0.4 is 11.3 Å². The van der Waals surface area contributed by atoms with Crippen LogP contribution in [0.1, 0.15) is 33.6 Å². The molecule has 0 radical (unpaired) electrons. The highest BCUT2D eigenvalue weighted by molar-refractivity contribution is 5.79. The van der Waals surface area contributed by atoms with Crippen LogP contribution in [0, 0.1) is 11.8 Å². The first kappa shape index (κ1) is 12.3. The zero-order valence-electron chi connectivity index (χ0n) is 10.2. The lowest BCUT2D eigenvalue weighted by atomic mass is 10.1. The lowest BCUT2D eigenvalue weighted by Gasteiger charge is -2.20. The van der Waals surface area contributed by atoms with E-state index in [1.807, 2.05) is 0 Å². The van der Waals surface area contributed by atoms with Gasteiger partial charge in [-0.2, -0.15) is 0 Å². The van der Waals surface area contributed by atoms with Gasteiger partial charge in [-0.15, -0.1) is 0 Å². The molecular formula is C11H24N4. The van der Waals surface area contributed by atoms with E-state index < -0.39 is 0 Å². The van der Waals surface area contributed by atoms with Crippen molar-refractivity contribution < 1.29 is 0 Å². The number of hydrogen-bond donors (Lipinski definition) is 2. The van der Waals surface area contributed by atoms with Crippen LogP contribution in [-0.2, 0) is 0 Å². The van der Waals surface area contributed by atoms with E-state index in [4.69, 9.17) is 5.84 Å². The van der Waals surface area contributed by atoms with Crippen molar-refractivity contribution >= 4 is 5.96 Å². The molecule has 4 nitrogen and oxygen atoms in total. The Hall–Kier alpha value is -0.770. The molecule has 0 saturated carbocycles. The van der Waals surface area contributed by atoms with Crippen LogP contribution in [0.2, 0.25) is 0 Å². The Morgan fingerprint density at radius 3 is 2.80 bits per heavy atom. The molecule has 0 aliphatic carbocycles. The Balaban J connectivity index is 2.48. The second kappa shape index (κ2) is 5.95. The minimum absolute atomic E-state index is 0.581. The molecule has 1 aliphatic heterocycles. The number of nitrogens with two attached hydrogens (primary N) is 1. The molecule has 1 rings (SSSR count). The van der Waals surface area contributed by atoms with Gasteiger partial charge in [-0.25, -0.2) is 5.84 Å². The summed E-state index contributed by atoms with van der Waals surface area (Å²) >= 11 is 0. The third-order valence-corrected chi connectivity index (χ3v) is 2.90. The fourth-order valence-corrected chi connectivity index (χ4v) is 1.86. The molecule has 1 unspecified atom stereocenters. The van der Waals surface area contributed by atoms with Crippen molar-refractivity contribution in [3.63, 3.8) is 0 Å². The summed E-state index contributed by atoms with van der Waals surface area (Å²) in [5.74, 6) is 7.75. The lowest BCUT2D eigenvalue weighted by molar-refractivity contribution is 0.453. The molecule has 15 heavy (non-hydrogen) atoms. The van der Waals surface area contributed by atoms with Crippen molar-refractivity contribution in [3.8, 4) is 0 Å². The smallest absolute Gasteiger partial charge is 0.208 e. The van der Waals surface area contributed by atoms with Gasteiger partial charge in [-0.1, -0.05) is 27.2 Å². The van der Waals surface area contributed by atoms with Crippen molar-refractivity contribution in [2.75, 3.05) is 19.6 Å². The van der Waals surface area contributed by atoms with E-state index in [1.165, 1.54) is 12.8 Å². The fourth-order valence-electron chi connectivity index (χ4n) is 1.86. The van der Waals surface area contributed by atoms with Crippen LogP contribution in [0.5, 0.6) is 0 Å². The quantitative estimate of drug-likeness (QED) is 0.320. The van der Waals surface area contributed by atoms with E-state index in [0.717, 1.165) is 31.5 Å². The van der Waals surface area contributed by atoms with E-state index in [9.17, 15) is 0 Å². The summed E-state index contributed by atoms with van der Waals surface area (Å²) in [6.45, 7) is 9.59. The first-order valence-electron chi connectivity index (χ1n) is 5.93. The number of rotatable bonds is 3. The molecular weight excluding hydrogens is 188 g/mol. The predicted octanol–water partition coefficient (Wildman–Crippen LogP) is 1.19. The molecule has 1 fully saturated rings. The topological polar surface area (TPSA) is 53.6 Å². The summed E-state index contributed by atoms with van der Waals surface area (Å²) < 4.78 is 0. The SMILES string of the molecule is CCC1CCN(C(=NCC(C)C)NN)C1. The maximum absolute atomic E-state index is 5.50.